The standard InChI is InChI=1S/C36H45N7O12/c1-5-11-29-39-31(36(3,4)47)30(33(44)51-21-28-23(2)54-35(46)55-28)41(29)20-24-14-16-25(17-15-24)26-12-7-8-13-27(26)32(37)40-42(38)22-52-34(45)50-18-9-6-10-19-53-43(48)49/h7-8,12-17,47H,5-6,9-11,18-22,38H2,1-4H3,(H2,37,40). The lowest BCUT2D eigenvalue weighted by molar-refractivity contribution is -0.757. The fourth-order valence-corrected chi connectivity index (χ4v) is 5.41. The number of hydrogen-bond donors (Lipinski definition) is 3. The van der Waals surface area contributed by atoms with E-state index in [1.807, 2.05) is 43.3 Å². The summed E-state index contributed by atoms with van der Waals surface area (Å²) in [4.78, 5) is 56.0. The van der Waals surface area contributed by atoms with Crippen LogP contribution in [0.5, 0.6) is 0 Å². The van der Waals surface area contributed by atoms with E-state index in [2.05, 4.69) is 14.9 Å². The van der Waals surface area contributed by atoms with Crippen LogP contribution in [0.1, 0.15) is 91.1 Å². The van der Waals surface area contributed by atoms with Crippen molar-refractivity contribution in [2.24, 2.45) is 16.7 Å². The number of imidazole rings is 1. The zero-order valence-corrected chi connectivity index (χ0v) is 31.0. The highest BCUT2D eigenvalue weighted by Gasteiger charge is 2.33. The minimum absolute atomic E-state index is 0.0367. The molecule has 0 aliphatic rings. The van der Waals surface area contributed by atoms with E-state index >= 15 is 0 Å². The monoisotopic (exact) mass is 767 g/mol. The van der Waals surface area contributed by atoms with Crippen molar-refractivity contribution in [3.63, 3.8) is 0 Å². The molecule has 0 spiro atoms. The molecular weight excluding hydrogens is 722 g/mol. The normalized spacial score (nSPS) is 11.6. The fourth-order valence-electron chi connectivity index (χ4n) is 5.41. The number of hydrazone groups is 1. The molecule has 0 fully saturated rings. The summed E-state index contributed by atoms with van der Waals surface area (Å²) in [5.41, 5.74) is 7.96. The van der Waals surface area contributed by atoms with Crippen molar-refractivity contribution < 1.29 is 47.7 Å². The highest BCUT2D eigenvalue weighted by atomic mass is 16.9. The molecule has 2 aromatic heterocycles. The molecule has 0 bridgehead atoms. The molecule has 0 saturated carbocycles. The third kappa shape index (κ3) is 11.9. The van der Waals surface area contributed by atoms with Gasteiger partial charge in [0.25, 0.3) is 5.09 Å². The summed E-state index contributed by atoms with van der Waals surface area (Å²) in [6.07, 6.45) is 1.72. The first-order valence-corrected chi connectivity index (χ1v) is 17.4. The molecule has 0 aliphatic heterocycles. The number of hydrogen-bond acceptors (Lipinski definition) is 16. The van der Waals surface area contributed by atoms with Gasteiger partial charge in [-0.15, -0.1) is 15.2 Å². The van der Waals surface area contributed by atoms with E-state index in [4.69, 9.17) is 34.6 Å². The van der Waals surface area contributed by atoms with Gasteiger partial charge in [0.2, 0.25) is 0 Å². The zero-order valence-electron chi connectivity index (χ0n) is 31.0. The van der Waals surface area contributed by atoms with E-state index in [1.54, 1.807) is 16.7 Å². The molecule has 0 radical (unpaired) electrons. The first-order valence-electron chi connectivity index (χ1n) is 17.4. The van der Waals surface area contributed by atoms with E-state index in [9.17, 15) is 29.6 Å². The molecule has 0 amide bonds. The molecule has 0 aliphatic carbocycles. The number of carbonyl (C=O) groups is 2. The molecule has 2 aromatic carbocycles. The van der Waals surface area contributed by atoms with Crippen LogP contribution < -0.4 is 17.4 Å². The predicted octanol–water partition coefficient (Wildman–Crippen LogP) is 4.28. The van der Waals surface area contributed by atoms with Crippen LogP contribution in [-0.2, 0) is 44.2 Å². The lowest BCUT2D eigenvalue weighted by atomic mass is 9.98. The number of benzene rings is 2. The number of aromatic nitrogens is 2. The predicted molar refractivity (Wildman–Crippen MR) is 194 cm³/mol. The molecule has 19 heteroatoms. The molecule has 0 unspecified atom stereocenters. The summed E-state index contributed by atoms with van der Waals surface area (Å²) in [7, 11) is 0. The summed E-state index contributed by atoms with van der Waals surface area (Å²) in [5, 5.41) is 25.3. The minimum Gasteiger partial charge on any atom is -0.453 e. The van der Waals surface area contributed by atoms with Crippen molar-refractivity contribution in [3.05, 3.63) is 109 Å². The number of carbonyl (C=O) groups excluding carboxylic acids is 2. The van der Waals surface area contributed by atoms with Crippen molar-refractivity contribution in [2.45, 2.75) is 78.6 Å². The van der Waals surface area contributed by atoms with E-state index < -0.39 is 35.4 Å². The van der Waals surface area contributed by atoms with E-state index in [0.29, 0.717) is 37.1 Å². The second-order valence-electron chi connectivity index (χ2n) is 12.8. The number of amidine groups is 1. The van der Waals surface area contributed by atoms with E-state index in [0.717, 1.165) is 28.2 Å². The molecule has 4 rings (SSSR count). The Morgan fingerprint density at radius 2 is 1.76 bits per heavy atom. The van der Waals surface area contributed by atoms with E-state index in [1.165, 1.54) is 20.8 Å². The first kappa shape index (κ1) is 41.5. The quantitative estimate of drug-likeness (QED) is 0.0166. The van der Waals surface area contributed by atoms with Gasteiger partial charge in [-0.2, -0.15) is 5.12 Å². The summed E-state index contributed by atoms with van der Waals surface area (Å²) in [6.45, 7) is 5.98. The number of aliphatic hydroxyl groups is 1. The largest absolute Gasteiger partial charge is 0.519 e. The Labute approximate surface area is 315 Å². The zero-order chi connectivity index (χ0) is 40.1. The number of nitrogens with zero attached hydrogens (tertiary/aromatic N) is 5. The van der Waals surface area contributed by atoms with Gasteiger partial charge in [-0.3, -0.25) is 0 Å². The van der Waals surface area contributed by atoms with Gasteiger partial charge in [0.1, 0.15) is 17.1 Å². The Balaban J connectivity index is 1.46. The summed E-state index contributed by atoms with van der Waals surface area (Å²) in [5.74, 6) is 5.13. The fraction of sp³-hybridized carbons (Fsp3) is 0.417. The number of nitrogens with two attached hydrogens (primary N) is 2. The second kappa shape index (κ2) is 19.2. The van der Waals surface area contributed by atoms with Gasteiger partial charge in [-0.25, -0.2) is 25.2 Å². The Kier molecular flexibility index (Phi) is 14.5. The van der Waals surface area contributed by atoms with Crippen LogP contribution in [-0.4, -0.2) is 62.8 Å². The molecule has 0 atom stereocenters. The van der Waals surface area contributed by atoms with Gasteiger partial charge in [-0.1, -0.05) is 55.5 Å². The van der Waals surface area contributed by atoms with Crippen LogP contribution in [0.4, 0.5) is 4.79 Å². The number of aryl methyl sites for hydroxylation is 2. The van der Waals surface area contributed by atoms with Crippen LogP contribution in [0.25, 0.3) is 11.1 Å². The Hall–Kier alpha value is -6.21. The van der Waals surface area contributed by atoms with Crippen LogP contribution in [0, 0.1) is 17.0 Å². The van der Waals surface area contributed by atoms with E-state index in [-0.39, 0.29) is 55.1 Å². The maximum atomic E-state index is 13.6. The van der Waals surface area contributed by atoms with Crippen molar-refractivity contribution in [2.75, 3.05) is 19.9 Å². The number of ether oxygens (including phenoxy) is 3. The smallest absolute Gasteiger partial charge is 0.453 e. The van der Waals surface area contributed by atoms with Crippen molar-refractivity contribution in [3.8, 4) is 11.1 Å². The van der Waals surface area contributed by atoms with Crippen molar-refractivity contribution in [1.29, 1.82) is 0 Å². The maximum Gasteiger partial charge on any atom is 0.519 e. The second-order valence-corrected chi connectivity index (χ2v) is 12.8. The summed E-state index contributed by atoms with van der Waals surface area (Å²) >= 11 is 0. The van der Waals surface area contributed by atoms with Crippen molar-refractivity contribution in [1.82, 2.24) is 14.7 Å². The maximum absolute atomic E-state index is 13.6. The molecule has 4 aromatic rings. The van der Waals surface area contributed by atoms with Gasteiger partial charge >= 0.3 is 17.9 Å². The summed E-state index contributed by atoms with van der Waals surface area (Å²) < 4.78 is 27.0. The molecule has 55 heavy (non-hydrogen) atoms. The van der Waals surface area contributed by atoms with Crippen molar-refractivity contribution >= 4 is 18.0 Å². The van der Waals surface area contributed by atoms with Gasteiger partial charge < -0.3 is 43.3 Å². The third-order valence-corrected chi connectivity index (χ3v) is 8.03. The average Bonchev–Trinajstić information content (AvgIpc) is 3.67. The van der Waals surface area contributed by atoms with Crippen LogP contribution in [0.15, 0.2) is 67.3 Å². The number of unbranched alkanes of at least 4 members (excludes halogenated alkanes) is 2. The molecule has 0 saturated heterocycles. The van der Waals surface area contributed by atoms with Gasteiger partial charge in [-0.05, 0) is 63.1 Å². The Bertz CT molecular complexity index is 2010. The van der Waals surface area contributed by atoms with Crippen LogP contribution >= 0.6 is 0 Å². The average molecular weight is 768 g/mol. The third-order valence-electron chi connectivity index (χ3n) is 8.03. The molecule has 19 nitrogen and oxygen atoms in total. The van der Waals surface area contributed by atoms with Crippen LogP contribution in [0.3, 0.4) is 0 Å². The number of hydrazine groups is 1. The lowest BCUT2D eigenvalue weighted by Gasteiger charge is -2.18. The number of esters is 1. The SMILES string of the molecule is CCCc1nc(C(C)(C)O)c(C(=O)OCc2oc(=O)oc2C)n1Cc1ccc(-c2ccccc2/C(N)=N/N(N)COC(=O)OCCCCCO[N+](=O)[O-])cc1. The molecular formula is C36H45N7O12. The minimum atomic E-state index is -1.48. The first-order chi connectivity index (χ1) is 26.2. The molecule has 296 valence electrons. The number of rotatable bonds is 20. The Morgan fingerprint density at radius 3 is 2.42 bits per heavy atom. The highest BCUT2D eigenvalue weighted by molar-refractivity contribution is 6.03. The topological polar surface area (TPSA) is 263 Å². The van der Waals surface area contributed by atoms with Gasteiger partial charge in [0, 0.05) is 18.5 Å². The molecule has 2 heterocycles. The summed E-state index contributed by atoms with van der Waals surface area (Å²) in [6, 6.07) is 14.8. The van der Waals surface area contributed by atoms with Crippen LogP contribution in [0.2, 0.25) is 0 Å². The van der Waals surface area contributed by atoms with Gasteiger partial charge in [0.05, 0.1) is 13.2 Å². The lowest BCUT2D eigenvalue weighted by Crippen LogP contribution is -2.33. The highest BCUT2D eigenvalue weighted by Crippen LogP contribution is 2.29. The van der Waals surface area contributed by atoms with Gasteiger partial charge in [0.15, 0.2) is 36.4 Å². The molecule has 5 N–H and O–H groups in total. The Morgan fingerprint density at radius 1 is 1.05 bits per heavy atom.